The van der Waals surface area contributed by atoms with Crippen LogP contribution in [-0.4, -0.2) is 33.3 Å². The van der Waals surface area contributed by atoms with Gasteiger partial charge in [-0.3, -0.25) is 9.59 Å². The van der Waals surface area contributed by atoms with E-state index in [1.165, 1.54) is 43.3 Å². The molecule has 4 N–H and O–H groups in total. The molecule has 7 nitrogen and oxygen atoms in total. The molecule has 144 valence electrons. The van der Waals surface area contributed by atoms with Gasteiger partial charge in [-0.15, -0.1) is 0 Å². The predicted octanol–water partition coefficient (Wildman–Crippen LogP) is 2.11. The largest absolute Gasteiger partial charge is 0.350 e. The van der Waals surface area contributed by atoms with Crippen LogP contribution in [0, 0.1) is 6.92 Å². The fraction of sp³-hybridized carbons (Fsp3) is 0.176. The van der Waals surface area contributed by atoms with E-state index < -0.39 is 15.9 Å². The van der Waals surface area contributed by atoms with Crippen molar-refractivity contribution in [3.8, 4) is 0 Å². The average Bonchev–Trinajstić information content (AvgIpc) is 2.59. The zero-order valence-electron chi connectivity index (χ0n) is 14.3. The lowest BCUT2D eigenvalue weighted by Crippen LogP contribution is -2.35. The average molecular weight is 430 g/mol. The third kappa shape index (κ3) is 5.43. The molecule has 0 radical (unpaired) electrons. The van der Waals surface area contributed by atoms with E-state index in [1.54, 1.807) is 0 Å². The number of benzene rings is 2. The molecule has 2 amide bonds. The van der Waals surface area contributed by atoms with Gasteiger partial charge in [-0.25, -0.2) is 13.6 Å². The van der Waals surface area contributed by atoms with Gasteiger partial charge in [-0.1, -0.05) is 29.3 Å². The molecule has 0 aliphatic rings. The summed E-state index contributed by atoms with van der Waals surface area (Å²) in [6.07, 6.45) is 0. The molecule has 0 fully saturated rings. The quantitative estimate of drug-likeness (QED) is 0.609. The fourth-order valence-electron chi connectivity index (χ4n) is 2.36. The molecule has 2 aromatic rings. The van der Waals surface area contributed by atoms with E-state index in [1.807, 2.05) is 0 Å². The molecule has 0 aromatic heterocycles. The van der Waals surface area contributed by atoms with E-state index in [0.717, 1.165) is 0 Å². The molecule has 10 heteroatoms. The Morgan fingerprint density at radius 2 is 1.63 bits per heavy atom. The van der Waals surface area contributed by atoms with Gasteiger partial charge in [0.15, 0.2) is 0 Å². The van der Waals surface area contributed by atoms with Gasteiger partial charge in [0, 0.05) is 24.2 Å². The molecular formula is C17H17Cl2N3O4S. The Morgan fingerprint density at radius 3 is 2.22 bits per heavy atom. The fourth-order valence-corrected chi connectivity index (χ4v) is 3.46. The molecule has 27 heavy (non-hydrogen) atoms. The smallest absolute Gasteiger partial charge is 0.251 e. The molecular weight excluding hydrogens is 413 g/mol. The van der Waals surface area contributed by atoms with Crippen LogP contribution in [0.2, 0.25) is 10.0 Å². The van der Waals surface area contributed by atoms with Crippen LogP contribution in [-0.2, 0) is 10.0 Å². The van der Waals surface area contributed by atoms with Gasteiger partial charge in [-0.2, -0.15) is 0 Å². The summed E-state index contributed by atoms with van der Waals surface area (Å²) >= 11 is 11.7. The van der Waals surface area contributed by atoms with E-state index in [-0.39, 0.29) is 40.0 Å². The first-order valence-electron chi connectivity index (χ1n) is 7.75. The van der Waals surface area contributed by atoms with Crippen molar-refractivity contribution < 1.29 is 18.0 Å². The number of hydrogen-bond acceptors (Lipinski definition) is 4. The molecule has 0 atom stereocenters. The Balaban J connectivity index is 1.93. The second kappa shape index (κ2) is 8.71. The lowest BCUT2D eigenvalue weighted by Gasteiger charge is -2.11. The molecule has 2 aromatic carbocycles. The van der Waals surface area contributed by atoms with Crippen LogP contribution in [0.1, 0.15) is 26.3 Å². The number of hydrogen-bond donors (Lipinski definition) is 3. The number of nitrogens with two attached hydrogens (primary N) is 1. The topological polar surface area (TPSA) is 118 Å². The van der Waals surface area contributed by atoms with Gasteiger partial charge in [0.1, 0.15) is 0 Å². The zero-order chi connectivity index (χ0) is 20.2. The summed E-state index contributed by atoms with van der Waals surface area (Å²) < 4.78 is 23.0. The Hall–Kier alpha value is -2.13. The van der Waals surface area contributed by atoms with E-state index in [4.69, 9.17) is 28.3 Å². The van der Waals surface area contributed by atoms with Crippen LogP contribution in [0.3, 0.4) is 0 Å². The maximum absolute atomic E-state index is 12.2. The van der Waals surface area contributed by atoms with E-state index >= 15 is 0 Å². The number of sulfonamides is 1. The number of carbonyl (C=O) groups is 2. The minimum atomic E-state index is -3.92. The molecule has 0 saturated heterocycles. The Kier molecular flexibility index (Phi) is 6.83. The van der Waals surface area contributed by atoms with Gasteiger partial charge >= 0.3 is 0 Å². The minimum absolute atomic E-state index is 0.108. The van der Waals surface area contributed by atoms with Gasteiger partial charge in [0.25, 0.3) is 11.8 Å². The second-order valence-electron chi connectivity index (χ2n) is 5.61. The van der Waals surface area contributed by atoms with Crippen molar-refractivity contribution in [1.29, 1.82) is 0 Å². The third-order valence-electron chi connectivity index (χ3n) is 3.71. The SMILES string of the molecule is Cc1c(C(=O)NCCNC(=O)c2ccc(Cl)c(Cl)c2)cccc1S(N)(=O)=O. The summed E-state index contributed by atoms with van der Waals surface area (Å²) in [6, 6.07) is 8.76. The van der Waals surface area contributed by atoms with E-state index in [9.17, 15) is 18.0 Å². The van der Waals surface area contributed by atoms with Crippen LogP contribution in [0.25, 0.3) is 0 Å². The summed E-state index contributed by atoms with van der Waals surface area (Å²) in [5.74, 6) is -0.836. The van der Waals surface area contributed by atoms with E-state index in [0.29, 0.717) is 10.6 Å². The Morgan fingerprint density at radius 1 is 1.00 bits per heavy atom. The number of rotatable bonds is 6. The van der Waals surface area contributed by atoms with Crippen LogP contribution >= 0.6 is 23.2 Å². The summed E-state index contributed by atoms with van der Waals surface area (Å²) in [6.45, 7) is 1.81. The normalized spacial score (nSPS) is 11.1. The highest BCUT2D eigenvalue weighted by molar-refractivity contribution is 7.89. The summed E-state index contributed by atoms with van der Waals surface area (Å²) in [5.41, 5.74) is 0.794. The maximum Gasteiger partial charge on any atom is 0.251 e. The number of carbonyl (C=O) groups excluding carboxylic acids is 2. The van der Waals surface area contributed by atoms with Crippen LogP contribution < -0.4 is 15.8 Å². The van der Waals surface area contributed by atoms with Crippen molar-refractivity contribution in [3.63, 3.8) is 0 Å². The lowest BCUT2D eigenvalue weighted by atomic mass is 10.1. The van der Waals surface area contributed by atoms with Crippen molar-refractivity contribution in [2.45, 2.75) is 11.8 Å². The first-order valence-corrected chi connectivity index (χ1v) is 10.1. The van der Waals surface area contributed by atoms with Gasteiger partial charge in [0.05, 0.1) is 14.9 Å². The monoisotopic (exact) mass is 429 g/mol. The van der Waals surface area contributed by atoms with Crippen LogP contribution in [0.15, 0.2) is 41.3 Å². The second-order valence-corrected chi connectivity index (χ2v) is 7.96. The van der Waals surface area contributed by atoms with Crippen molar-refractivity contribution in [3.05, 3.63) is 63.1 Å². The summed E-state index contributed by atoms with van der Waals surface area (Å²) in [7, 11) is -3.92. The van der Waals surface area contributed by atoms with Gasteiger partial charge in [-0.05, 0) is 42.8 Å². The Labute approximate surface area is 166 Å². The first kappa shape index (κ1) is 21.2. The first-order chi connectivity index (χ1) is 12.6. The van der Waals surface area contributed by atoms with Gasteiger partial charge in [0.2, 0.25) is 10.0 Å². The number of primary sulfonamides is 1. The van der Waals surface area contributed by atoms with Crippen molar-refractivity contribution in [2.75, 3.05) is 13.1 Å². The maximum atomic E-state index is 12.2. The molecule has 0 heterocycles. The number of halogens is 2. The number of nitrogens with one attached hydrogen (secondary N) is 2. The molecule has 2 rings (SSSR count). The standard InChI is InChI=1S/C17H17Cl2N3O4S/c1-10-12(3-2-4-15(10)27(20,25)26)17(24)22-8-7-21-16(23)11-5-6-13(18)14(19)9-11/h2-6,9H,7-8H2,1H3,(H,21,23)(H,22,24)(H2,20,25,26). The van der Waals surface area contributed by atoms with Crippen molar-refractivity contribution in [2.24, 2.45) is 5.14 Å². The molecule has 0 saturated carbocycles. The van der Waals surface area contributed by atoms with Crippen LogP contribution in [0.5, 0.6) is 0 Å². The van der Waals surface area contributed by atoms with Gasteiger partial charge < -0.3 is 10.6 Å². The minimum Gasteiger partial charge on any atom is -0.350 e. The molecule has 0 aliphatic heterocycles. The molecule has 0 aliphatic carbocycles. The zero-order valence-corrected chi connectivity index (χ0v) is 16.6. The van der Waals surface area contributed by atoms with Crippen LogP contribution in [0.4, 0.5) is 0 Å². The van der Waals surface area contributed by atoms with Crippen molar-refractivity contribution in [1.82, 2.24) is 10.6 Å². The summed E-state index contributed by atoms with van der Waals surface area (Å²) in [4.78, 5) is 24.2. The highest BCUT2D eigenvalue weighted by Crippen LogP contribution is 2.22. The van der Waals surface area contributed by atoms with E-state index in [2.05, 4.69) is 10.6 Å². The lowest BCUT2D eigenvalue weighted by molar-refractivity contribution is 0.0927. The molecule has 0 unspecified atom stereocenters. The third-order valence-corrected chi connectivity index (χ3v) is 5.51. The summed E-state index contributed by atoms with van der Waals surface area (Å²) in [5, 5.41) is 11.0. The highest BCUT2D eigenvalue weighted by atomic mass is 35.5. The van der Waals surface area contributed by atoms with Crippen molar-refractivity contribution >= 4 is 45.0 Å². The molecule has 0 bridgehead atoms. The highest BCUT2D eigenvalue weighted by Gasteiger charge is 2.17. The molecule has 0 spiro atoms. The Bertz CT molecular complexity index is 994. The number of amides is 2. The predicted molar refractivity (Wildman–Crippen MR) is 104 cm³/mol.